The van der Waals surface area contributed by atoms with Crippen LogP contribution in [0.25, 0.3) is 44.2 Å². The van der Waals surface area contributed by atoms with Gasteiger partial charge < -0.3 is 14.5 Å². The third-order valence-electron chi connectivity index (χ3n) is 15.5. The molecular formula is C68H48N2O. The maximum Gasteiger partial charge on any atom is 0.159 e. The molecular weight excluding hydrogens is 861 g/mol. The maximum atomic E-state index is 7.45. The molecule has 0 bridgehead atoms. The summed E-state index contributed by atoms with van der Waals surface area (Å²) in [4.78, 5) is 4.82. The van der Waals surface area contributed by atoms with Crippen LogP contribution in [-0.4, -0.2) is 0 Å². The van der Waals surface area contributed by atoms with Crippen molar-refractivity contribution >= 4 is 44.9 Å². The lowest BCUT2D eigenvalue weighted by Crippen LogP contribution is -2.28. The Hall–Kier alpha value is -8.92. The van der Waals surface area contributed by atoms with E-state index in [1.165, 1.54) is 55.6 Å². The summed E-state index contributed by atoms with van der Waals surface area (Å²) in [6.45, 7) is 4.74. The van der Waals surface area contributed by atoms with E-state index in [0.717, 1.165) is 67.5 Å². The van der Waals surface area contributed by atoms with Crippen LogP contribution < -0.4 is 14.5 Å². The summed E-state index contributed by atoms with van der Waals surface area (Å²) in [5.41, 5.74) is 20.5. The molecule has 11 aromatic carbocycles. The highest BCUT2D eigenvalue weighted by atomic mass is 16.5. The van der Waals surface area contributed by atoms with Gasteiger partial charge in [-0.25, -0.2) is 0 Å². The predicted molar refractivity (Wildman–Crippen MR) is 294 cm³/mol. The van der Waals surface area contributed by atoms with Crippen LogP contribution in [0.3, 0.4) is 0 Å². The van der Waals surface area contributed by atoms with Gasteiger partial charge in [0.1, 0.15) is 5.75 Å². The van der Waals surface area contributed by atoms with Gasteiger partial charge in [0.05, 0.1) is 22.5 Å². The largest absolute Gasteiger partial charge is 0.454 e. The van der Waals surface area contributed by atoms with Crippen molar-refractivity contribution in [2.45, 2.75) is 24.7 Å². The molecule has 0 saturated heterocycles. The van der Waals surface area contributed by atoms with Crippen molar-refractivity contribution in [3.05, 3.63) is 288 Å². The SMILES string of the molecule is CC1(C)c2ccccc2-c2ccc(N(c3cc4c5c(cccc5c3)-c3cccc(N(c5ccccc5)c5ccccc5)c3O4)c3cccc4c3-c3ccccc3C4(c3ccccc3)c3ccccc3)cc21. The van der Waals surface area contributed by atoms with Crippen LogP contribution in [0, 0.1) is 0 Å². The topological polar surface area (TPSA) is 15.7 Å². The van der Waals surface area contributed by atoms with Crippen molar-refractivity contribution in [2.24, 2.45) is 0 Å². The van der Waals surface area contributed by atoms with Gasteiger partial charge in [-0.15, -0.1) is 0 Å². The lowest BCUT2D eigenvalue weighted by molar-refractivity contribution is 0.488. The normalized spacial score (nSPS) is 13.8. The van der Waals surface area contributed by atoms with Crippen molar-refractivity contribution in [1.29, 1.82) is 0 Å². The number of hydrogen-bond acceptors (Lipinski definition) is 3. The average Bonchev–Trinajstić information content (AvgIpc) is 3.86. The highest BCUT2D eigenvalue weighted by Gasteiger charge is 2.47. The predicted octanol–water partition coefficient (Wildman–Crippen LogP) is 18.2. The first-order chi connectivity index (χ1) is 35.0. The van der Waals surface area contributed by atoms with Gasteiger partial charge in [0.2, 0.25) is 0 Å². The molecule has 3 heteroatoms. The van der Waals surface area contributed by atoms with E-state index < -0.39 is 5.41 Å². The molecule has 0 saturated carbocycles. The van der Waals surface area contributed by atoms with Crippen LogP contribution in [0.4, 0.5) is 34.1 Å². The smallest absolute Gasteiger partial charge is 0.159 e. The summed E-state index contributed by atoms with van der Waals surface area (Å²) in [6.07, 6.45) is 0. The van der Waals surface area contributed by atoms with Crippen LogP contribution >= 0.6 is 0 Å². The minimum absolute atomic E-state index is 0.203. The van der Waals surface area contributed by atoms with Crippen LogP contribution in [0.2, 0.25) is 0 Å². The Labute approximate surface area is 415 Å². The van der Waals surface area contributed by atoms with Crippen LogP contribution in [0.15, 0.2) is 255 Å². The number of rotatable bonds is 8. The summed E-state index contributed by atoms with van der Waals surface area (Å²) >= 11 is 0. The fourth-order valence-electron chi connectivity index (χ4n) is 12.4. The minimum Gasteiger partial charge on any atom is -0.454 e. The molecule has 11 aromatic rings. The molecule has 3 aliphatic rings. The molecule has 0 amide bonds. The van der Waals surface area contributed by atoms with Crippen LogP contribution in [-0.2, 0) is 10.8 Å². The number of nitrogens with zero attached hydrogens (tertiary/aromatic N) is 2. The quantitative estimate of drug-likeness (QED) is 0.151. The lowest BCUT2D eigenvalue weighted by Gasteiger charge is -2.35. The molecule has 1 heterocycles. The zero-order chi connectivity index (χ0) is 47.3. The second-order valence-electron chi connectivity index (χ2n) is 19.6. The zero-order valence-electron chi connectivity index (χ0n) is 39.6. The monoisotopic (exact) mass is 908 g/mol. The van der Waals surface area contributed by atoms with Gasteiger partial charge >= 0.3 is 0 Å². The van der Waals surface area contributed by atoms with E-state index >= 15 is 0 Å². The second-order valence-corrected chi connectivity index (χ2v) is 19.6. The molecule has 0 radical (unpaired) electrons. The zero-order valence-corrected chi connectivity index (χ0v) is 39.6. The summed E-state index contributed by atoms with van der Waals surface area (Å²) in [6, 6.07) is 93.3. The minimum atomic E-state index is -0.561. The Kier molecular flexibility index (Phi) is 9.15. The number of anilines is 6. The number of hydrogen-bond donors (Lipinski definition) is 0. The Balaban J connectivity index is 1.03. The standard InChI is InChI=1S/C68H48N2O/c1-67(2)57-35-17-15-31-52(57)53-41-40-50(43-60(53)67)70(61-38-21-37-59-65(61)56-32-16-18-36-58(56)68(59,46-23-7-3-8-24-46)47-25-9-4-10-26-47)51-42-45-22-19-33-54-55-34-20-39-62(66(55)71-63(44-51)64(45)54)69(48-27-11-5-12-28-48)49-29-13-6-14-30-49/h3-44H,1-2H3. The highest BCUT2D eigenvalue weighted by molar-refractivity contribution is 6.08. The molecule has 0 fully saturated rings. The molecule has 0 unspecified atom stereocenters. The lowest BCUT2D eigenvalue weighted by atomic mass is 9.68. The van der Waals surface area contributed by atoms with E-state index in [1.807, 2.05) is 0 Å². The van der Waals surface area contributed by atoms with Crippen molar-refractivity contribution in [2.75, 3.05) is 9.80 Å². The number of ether oxygens (including phenoxy) is 1. The molecule has 1 aliphatic heterocycles. The molecule has 0 atom stereocenters. The van der Waals surface area contributed by atoms with Gasteiger partial charge in [-0.1, -0.05) is 208 Å². The van der Waals surface area contributed by atoms with Gasteiger partial charge in [0.15, 0.2) is 5.75 Å². The third-order valence-corrected chi connectivity index (χ3v) is 15.5. The van der Waals surface area contributed by atoms with E-state index in [0.29, 0.717) is 0 Å². The van der Waals surface area contributed by atoms with Crippen molar-refractivity contribution in [3.8, 4) is 44.9 Å². The van der Waals surface area contributed by atoms with Crippen molar-refractivity contribution in [1.82, 2.24) is 0 Å². The first-order valence-corrected chi connectivity index (χ1v) is 24.7. The molecule has 3 nitrogen and oxygen atoms in total. The van der Waals surface area contributed by atoms with Gasteiger partial charge in [-0.3, -0.25) is 0 Å². The molecule has 2 aliphatic carbocycles. The fourth-order valence-corrected chi connectivity index (χ4v) is 12.4. The molecule has 0 N–H and O–H groups in total. The summed E-state index contributed by atoms with van der Waals surface area (Å²) in [5.74, 6) is 1.65. The first kappa shape index (κ1) is 41.1. The fraction of sp³-hybridized carbons (Fsp3) is 0.0588. The summed E-state index contributed by atoms with van der Waals surface area (Å²) in [7, 11) is 0. The highest BCUT2D eigenvalue weighted by Crippen LogP contribution is 2.61. The number of para-hydroxylation sites is 3. The maximum absolute atomic E-state index is 7.45. The van der Waals surface area contributed by atoms with E-state index in [1.54, 1.807) is 0 Å². The Morgan fingerprint density at radius 3 is 1.56 bits per heavy atom. The Bertz CT molecular complexity index is 3800. The van der Waals surface area contributed by atoms with E-state index in [4.69, 9.17) is 4.74 Å². The van der Waals surface area contributed by atoms with Crippen LogP contribution in [0.5, 0.6) is 11.5 Å². The number of fused-ring (bicyclic) bond motifs is 8. The summed E-state index contributed by atoms with van der Waals surface area (Å²) in [5, 5.41) is 2.22. The van der Waals surface area contributed by atoms with Crippen molar-refractivity contribution < 1.29 is 4.74 Å². The van der Waals surface area contributed by atoms with E-state index in [2.05, 4.69) is 278 Å². The average molecular weight is 909 g/mol. The van der Waals surface area contributed by atoms with Gasteiger partial charge in [-0.05, 0) is 116 Å². The van der Waals surface area contributed by atoms with Gasteiger partial charge in [0.25, 0.3) is 0 Å². The van der Waals surface area contributed by atoms with Crippen LogP contribution in [0.1, 0.15) is 47.2 Å². The van der Waals surface area contributed by atoms with Gasteiger partial charge in [0, 0.05) is 45.1 Å². The first-order valence-electron chi connectivity index (χ1n) is 24.7. The van der Waals surface area contributed by atoms with E-state index in [9.17, 15) is 0 Å². The second kappa shape index (κ2) is 15.8. The third kappa shape index (κ3) is 6.03. The van der Waals surface area contributed by atoms with E-state index in [-0.39, 0.29) is 5.41 Å². The molecule has 0 aromatic heterocycles. The molecule has 0 spiro atoms. The molecule has 336 valence electrons. The molecule has 71 heavy (non-hydrogen) atoms. The Morgan fingerprint density at radius 2 is 0.859 bits per heavy atom. The summed E-state index contributed by atoms with van der Waals surface area (Å²) < 4.78 is 7.45. The van der Waals surface area contributed by atoms with Gasteiger partial charge in [-0.2, -0.15) is 0 Å². The molecule has 14 rings (SSSR count). The Morgan fingerprint density at radius 1 is 0.338 bits per heavy atom. The number of benzene rings is 11. The van der Waals surface area contributed by atoms with Crippen molar-refractivity contribution in [3.63, 3.8) is 0 Å².